The van der Waals surface area contributed by atoms with Crippen LogP contribution < -0.4 is 10.6 Å². The standard InChI is InChI=1S/C14H22N2O/c1-11-4-5-14-12(9-11)3-2-7-16(14)10-13(15)6-8-17/h4-5,9,13,17H,2-3,6-8,10,15H2,1H3. The normalized spacial score (nSPS) is 16.8. The number of aliphatic hydroxyl groups is 1. The third kappa shape index (κ3) is 2.99. The number of nitrogens with two attached hydrogens (primary N) is 1. The average molecular weight is 234 g/mol. The predicted molar refractivity (Wildman–Crippen MR) is 71.4 cm³/mol. The summed E-state index contributed by atoms with van der Waals surface area (Å²) in [6.45, 7) is 4.23. The first-order valence-corrected chi connectivity index (χ1v) is 6.41. The number of aliphatic hydroxyl groups excluding tert-OH is 1. The fourth-order valence-corrected chi connectivity index (χ4v) is 2.53. The topological polar surface area (TPSA) is 49.5 Å². The minimum absolute atomic E-state index is 0.0623. The Kier molecular flexibility index (Phi) is 4.02. The monoisotopic (exact) mass is 234 g/mol. The van der Waals surface area contributed by atoms with Crippen LogP contribution >= 0.6 is 0 Å². The molecule has 1 aliphatic rings. The molecule has 2 rings (SSSR count). The van der Waals surface area contributed by atoms with Crippen LogP contribution in [0, 0.1) is 6.92 Å². The molecule has 0 radical (unpaired) electrons. The van der Waals surface area contributed by atoms with E-state index in [1.165, 1.54) is 29.7 Å². The van der Waals surface area contributed by atoms with E-state index in [0.29, 0.717) is 6.42 Å². The molecule has 3 N–H and O–H groups in total. The average Bonchev–Trinajstić information content (AvgIpc) is 2.29. The Morgan fingerprint density at radius 2 is 2.29 bits per heavy atom. The molecule has 1 heterocycles. The van der Waals surface area contributed by atoms with Gasteiger partial charge in [0.1, 0.15) is 0 Å². The summed E-state index contributed by atoms with van der Waals surface area (Å²) in [7, 11) is 0. The number of rotatable bonds is 4. The summed E-state index contributed by atoms with van der Waals surface area (Å²) < 4.78 is 0. The summed E-state index contributed by atoms with van der Waals surface area (Å²) in [5.41, 5.74) is 10.1. The van der Waals surface area contributed by atoms with Crippen LogP contribution in [0.4, 0.5) is 5.69 Å². The maximum absolute atomic E-state index is 8.90. The molecule has 0 saturated heterocycles. The molecule has 0 bridgehead atoms. The molecule has 0 amide bonds. The highest BCUT2D eigenvalue weighted by atomic mass is 16.3. The summed E-state index contributed by atoms with van der Waals surface area (Å²) in [5, 5.41) is 8.90. The molecule has 1 aliphatic heterocycles. The lowest BCUT2D eigenvalue weighted by Crippen LogP contribution is -2.40. The second kappa shape index (κ2) is 5.52. The number of aryl methyl sites for hydroxylation is 2. The molecular formula is C14H22N2O. The molecule has 1 atom stereocenters. The quantitative estimate of drug-likeness (QED) is 0.829. The SMILES string of the molecule is Cc1ccc2c(c1)CCCN2CC(N)CCO. The number of fused-ring (bicyclic) bond motifs is 1. The van der Waals surface area contributed by atoms with Crippen molar-refractivity contribution >= 4 is 5.69 Å². The molecule has 0 fully saturated rings. The zero-order chi connectivity index (χ0) is 12.3. The zero-order valence-electron chi connectivity index (χ0n) is 10.5. The minimum atomic E-state index is 0.0623. The maximum atomic E-state index is 8.90. The van der Waals surface area contributed by atoms with E-state index in [2.05, 4.69) is 30.0 Å². The number of hydrogen-bond acceptors (Lipinski definition) is 3. The molecule has 0 aliphatic carbocycles. The van der Waals surface area contributed by atoms with Gasteiger partial charge in [-0.25, -0.2) is 0 Å². The van der Waals surface area contributed by atoms with Crippen LogP contribution in [0.15, 0.2) is 18.2 Å². The van der Waals surface area contributed by atoms with Gasteiger partial charge in [-0.1, -0.05) is 17.7 Å². The zero-order valence-corrected chi connectivity index (χ0v) is 10.5. The van der Waals surface area contributed by atoms with E-state index in [9.17, 15) is 0 Å². The summed E-state index contributed by atoms with van der Waals surface area (Å²) in [6, 6.07) is 6.70. The second-order valence-electron chi connectivity index (χ2n) is 4.95. The third-order valence-corrected chi connectivity index (χ3v) is 3.40. The van der Waals surface area contributed by atoms with Crippen LogP contribution in [0.1, 0.15) is 24.0 Å². The first-order valence-electron chi connectivity index (χ1n) is 6.41. The van der Waals surface area contributed by atoms with E-state index in [0.717, 1.165) is 13.1 Å². The van der Waals surface area contributed by atoms with Gasteiger partial charge in [-0.2, -0.15) is 0 Å². The first kappa shape index (κ1) is 12.4. The van der Waals surface area contributed by atoms with Crippen LogP contribution in [0.2, 0.25) is 0 Å². The van der Waals surface area contributed by atoms with E-state index in [1.54, 1.807) is 0 Å². The van der Waals surface area contributed by atoms with Gasteiger partial charge in [0, 0.05) is 31.4 Å². The summed E-state index contributed by atoms with van der Waals surface area (Å²) in [6.07, 6.45) is 3.04. The fourth-order valence-electron chi connectivity index (χ4n) is 2.53. The lowest BCUT2D eigenvalue weighted by Gasteiger charge is -2.33. The number of anilines is 1. The van der Waals surface area contributed by atoms with Crippen molar-refractivity contribution in [1.29, 1.82) is 0 Å². The largest absolute Gasteiger partial charge is 0.396 e. The number of nitrogens with zero attached hydrogens (tertiary/aromatic N) is 1. The van der Waals surface area contributed by atoms with E-state index in [-0.39, 0.29) is 12.6 Å². The lowest BCUT2D eigenvalue weighted by molar-refractivity contribution is 0.276. The van der Waals surface area contributed by atoms with Gasteiger partial charge in [0.05, 0.1) is 0 Å². The Morgan fingerprint density at radius 3 is 3.06 bits per heavy atom. The molecule has 17 heavy (non-hydrogen) atoms. The van der Waals surface area contributed by atoms with Crippen molar-refractivity contribution in [3.05, 3.63) is 29.3 Å². The predicted octanol–water partition coefficient (Wildman–Crippen LogP) is 1.46. The van der Waals surface area contributed by atoms with Gasteiger partial charge in [-0.15, -0.1) is 0 Å². The highest BCUT2D eigenvalue weighted by molar-refractivity contribution is 5.56. The Hall–Kier alpha value is -1.06. The van der Waals surface area contributed by atoms with E-state index in [1.807, 2.05) is 0 Å². The van der Waals surface area contributed by atoms with Crippen molar-refractivity contribution < 1.29 is 5.11 Å². The van der Waals surface area contributed by atoms with Gasteiger partial charge in [0.25, 0.3) is 0 Å². The molecule has 0 aromatic heterocycles. The van der Waals surface area contributed by atoms with Crippen molar-refractivity contribution in [2.45, 2.75) is 32.2 Å². The smallest absolute Gasteiger partial charge is 0.0446 e. The summed E-state index contributed by atoms with van der Waals surface area (Å²) in [4.78, 5) is 2.36. The Bertz CT molecular complexity index is 378. The Morgan fingerprint density at radius 1 is 1.47 bits per heavy atom. The highest BCUT2D eigenvalue weighted by Crippen LogP contribution is 2.27. The summed E-state index contributed by atoms with van der Waals surface area (Å²) >= 11 is 0. The number of benzene rings is 1. The third-order valence-electron chi connectivity index (χ3n) is 3.40. The minimum Gasteiger partial charge on any atom is -0.396 e. The number of hydrogen-bond donors (Lipinski definition) is 2. The molecule has 1 aromatic rings. The Balaban J connectivity index is 2.11. The van der Waals surface area contributed by atoms with E-state index < -0.39 is 0 Å². The van der Waals surface area contributed by atoms with Crippen molar-refractivity contribution in [2.24, 2.45) is 5.73 Å². The van der Waals surface area contributed by atoms with Gasteiger partial charge in [-0.05, 0) is 37.8 Å². The van der Waals surface area contributed by atoms with Crippen LogP contribution in [0.25, 0.3) is 0 Å². The molecule has 0 saturated carbocycles. The highest BCUT2D eigenvalue weighted by Gasteiger charge is 2.18. The van der Waals surface area contributed by atoms with Crippen LogP contribution in [0.3, 0.4) is 0 Å². The first-order chi connectivity index (χ1) is 8.20. The van der Waals surface area contributed by atoms with Gasteiger partial charge < -0.3 is 15.7 Å². The molecular weight excluding hydrogens is 212 g/mol. The lowest BCUT2D eigenvalue weighted by atomic mass is 9.99. The second-order valence-corrected chi connectivity index (χ2v) is 4.95. The van der Waals surface area contributed by atoms with Gasteiger partial charge in [-0.3, -0.25) is 0 Å². The Labute approximate surface area is 103 Å². The maximum Gasteiger partial charge on any atom is 0.0446 e. The van der Waals surface area contributed by atoms with Gasteiger partial charge in [0.15, 0.2) is 0 Å². The molecule has 94 valence electrons. The van der Waals surface area contributed by atoms with Crippen molar-refractivity contribution in [3.8, 4) is 0 Å². The molecule has 3 nitrogen and oxygen atoms in total. The van der Waals surface area contributed by atoms with Crippen LogP contribution in [-0.2, 0) is 6.42 Å². The van der Waals surface area contributed by atoms with Crippen molar-refractivity contribution in [1.82, 2.24) is 0 Å². The van der Waals surface area contributed by atoms with Gasteiger partial charge in [0.2, 0.25) is 0 Å². The van der Waals surface area contributed by atoms with E-state index in [4.69, 9.17) is 10.8 Å². The summed E-state index contributed by atoms with van der Waals surface area (Å²) in [5.74, 6) is 0. The van der Waals surface area contributed by atoms with Crippen molar-refractivity contribution in [2.75, 3.05) is 24.6 Å². The fraction of sp³-hybridized carbons (Fsp3) is 0.571. The molecule has 1 unspecified atom stereocenters. The van der Waals surface area contributed by atoms with E-state index >= 15 is 0 Å². The van der Waals surface area contributed by atoms with Crippen LogP contribution in [-0.4, -0.2) is 30.8 Å². The van der Waals surface area contributed by atoms with Crippen LogP contribution in [0.5, 0.6) is 0 Å². The molecule has 3 heteroatoms. The van der Waals surface area contributed by atoms with Gasteiger partial charge >= 0.3 is 0 Å². The van der Waals surface area contributed by atoms with Crippen molar-refractivity contribution in [3.63, 3.8) is 0 Å². The molecule has 1 aromatic carbocycles. The molecule has 0 spiro atoms.